The second kappa shape index (κ2) is 7.43. The van der Waals surface area contributed by atoms with Crippen molar-refractivity contribution >= 4 is 27.3 Å². The number of hydrogen-bond donors (Lipinski definition) is 1. The van der Waals surface area contributed by atoms with E-state index in [0.29, 0.717) is 12.0 Å². The van der Waals surface area contributed by atoms with Gasteiger partial charge in [0.1, 0.15) is 0 Å². The third-order valence-electron chi connectivity index (χ3n) is 3.43. The first-order valence-corrected chi connectivity index (χ1v) is 8.90. The fourth-order valence-electron chi connectivity index (χ4n) is 2.38. The molecule has 2 rings (SSSR count). The first kappa shape index (κ1) is 15.8. The van der Waals surface area contributed by atoms with Crippen molar-refractivity contribution in [2.24, 2.45) is 5.92 Å². The summed E-state index contributed by atoms with van der Waals surface area (Å²) in [5, 5.41) is 5.78. The number of nitrogens with zero attached hydrogens (tertiary/aromatic N) is 1. The van der Waals surface area contributed by atoms with Gasteiger partial charge in [-0.2, -0.15) is 0 Å². The third-order valence-corrected chi connectivity index (χ3v) is 5.34. The van der Waals surface area contributed by atoms with Crippen LogP contribution in [0.25, 0.3) is 0 Å². The second-order valence-electron chi connectivity index (χ2n) is 5.48. The van der Waals surface area contributed by atoms with E-state index in [4.69, 9.17) is 0 Å². The minimum atomic E-state index is 0.447. The molecule has 0 saturated heterocycles. The minimum absolute atomic E-state index is 0.447. The normalized spacial score (nSPS) is 13.1. The van der Waals surface area contributed by atoms with Crippen molar-refractivity contribution in [2.75, 3.05) is 6.54 Å². The van der Waals surface area contributed by atoms with Gasteiger partial charge < -0.3 is 9.88 Å². The summed E-state index contributed by atoms with van der Waals surface area (Å²) in [6, 6.07) is 4.81. The number of rotatable bonds is 7. The van der Waals surface area contributed by atoms with Crippen LogP contribution in [0, 0.1) is 5.92 Å². The largest absolute Gasteiger partial charge is 0.349 e. The highest BCUT2D eigenvalue weighted by molar-refractivity contribution is 9.10. The summed E-state index contributed by atoms with van der Waals surface area (Å²) in [7, 11) is 0. The van der Waals surface area contributed by atoms with Gasteiger partial charge >= 0.3 is 0 Å². The van der Waals surface area contributed by atoms with Crippen LogP contribution in [0.4, 0.5) is 0 Å². The van der Waals surface area contributed by atoms with Crippen LogP contribution in [0.1, 0.15) is 43.7 Å². The molecule has 0 saturated carbocycles. The number of thiophene rings is 1. The van der Waals surface area contributed by atoms with Crippen LogP contribution in [0.3, 0.4) is 0 Å². The number of hydrogen-bond acceptors (Lipinski definition) is 2. The van der Waals surface area contributed by atoms with E-state index in [9.17, 15) is 0 Å². The van der Waals surface area contributed by atoms with Crippen LogP contribution in [-0.4, -0.2) is 11.1 Å². The lowest BCUT2D eigenvalue weighted by Gasteiger charge is -2.21. The third kappa shape index (κ3) is 3.96. The van der Waals surface area contributed by atoms with Gasteiger partial charge in [-0.3, -0.25) is 0 Å². The monoisotopic (exact) mass is 354 g/mol. The molecule has 4 heteroatoms. The highest BCUT2D eigenvalue weighted by Gasteiger charge is 2.16. The van der Waals surface area contributed by atoms with Crippen molar-refractivity contribution < 1.29 is 0 Å². The predicted molar refractivity (Wildman–Crippen MR) is 91.4 cm³/mol. The van der Waals surface area contributed by atoms with Gasteiger partial charge in [0.05, 0.1) is 6.54 Å². The summed E-state index contributed by atoms with van der Waals surface area (Å²) >= 11 is 5.40. The van der Waals surface area contributed by atoms with Crippen molar-refractivity contribution in [3.8, 4) is 0 Å². The van der Waals surface area contributed by atoms with Gasteiger partial charge in [0.15, 0.2) is 0 Å². The molecule has 2 aromatic rings. The van der Waals surface area contributed by atoms with Crippen molar-refractivity contribution in [2.45, 2.75) is 39.8 Å². The van der Waals surface area contributed by atoms with Gasteiger partial charge in [0, 0.05) is 27.8 Å². The molecule has 0 bridgehead atoms. The molecule has 110 valence electrons. The Morgan fingerprint density at radius 3 is 2.75 bits per heavy atom. The Morgan fingerprint density at radius 2 is 2.15 bits per heavy atom. The zero-order valence-electron chi connectivity index (χ0n) is 12.4. The number of halogens is 1. The number of aromatic nitrogens is 1. The molecule has 1 N–H and O–H groups in total. The highest BCUT2D eigenvalue weighted by atomic mass is 79.9. The summed E-state index contributed by atoms with van der Waals surface area (Å²) in [5.41, 5.74) is 1.39. The lowest BCUT2D eigenvalue weighted by atomic mass is 9.98. The average Bonchev–Trinajstić information content (AvgIpc) is 3.01. The van der Waals surface area contributed by atoms with E-state index in [-0.39, 0.29) is 0 Å². The molecule has 1 atom stereocenters. The molecule has 0 amide bonds. The molecular formula is C16H23BrN2S. The maximum absolute atomic E-state index is 3.65. The van der Waals surface area contributed by atoms with Crippen LogP contribution < -0.4 is 5.32 Å². The van der Waals surface area contributed by atoms with Crippen LogP contribution in [0.2, 0.25) is 0 Å². The van der Waals surface area contributed by atoms with Gasteiger partial charge in [-0.05, 0) is 57.9 Å². The van der Waals surface area contributed by atoms with Gasteiger partial charge in [-0.15, -0.1) is 11.3 Å². The molecular weight excluding hydrogens is 332 g/mol. The molecule has 0 spiro atoms. The van der Waals surface area contributed by atoms with E-state index in [1.807, 2.05) is 0 Å². The van der Waals surface area contributed by atoms with E-state index in [1.54, 1.807) is 11.3 Å². The molecule has 0 fully saturated rings. The minimum Gasteiger partial charge on any atom is -0.349 e. The molecule has 1 unspecified atom stereocenters. The first-order chi connectivity index (χ1) is 9.61. The Balaban J connectivity index is 2.08. The van der Waals surface area contributed by atoms with E-state index < -0.39 is 0 Å². The van der Waals surface area contributed by atoms with Crippen LogP contribution in [-0.2, 0) is 6.54 Å². The van der Waals surface area contributed by atoms with Crippen molar-refractivity contribution in [1.82, 2.24) is 9.88 Å². The van der Waals surface area contributed by atoms with Crippen molar-refractivity contribution in [3.05, 3.63) is 44.8 Å². The smallest absolute Gasteiger partial charge is 0.0574 e. The lowest BCUT2D eigenvalue weighted by Crippen LogP contribution is -2.26. The van der Waals surface area contributed by atoms with Crippen LogP contribution in [0.5, 0.6) is 0 Å². The molecule has 2 heterocycles. The van der Waals surface area contributed by atoms with Crippen LogP contribution >= 0.6 is 27.3 Å². The summed E-state index contributed by atoms with van der Waals surface area (Å²) in [6.45, 7) is 8.78. The van der Waals surface area contributed by atoms with Crippen molar-refractivity contribution in [1.29, 1.82) is 0 Å². The standard InChI is InChI=1S/C16H23BrN2S/c1-4-7-18-16(12(2)3)13-5-8-19(10-13)11-15-14(17)6-9-20-15/h5-6,8-10,12,16,18H,4,7,11H2,1-3H3. The van der Waals surface area contributed by atoms with Crippen LogP contribution in [0.15, 0.2) is 34.4 Å². The van der Waals surface area contributed by atoms with Crippen molar-refractivity contribution in [3.63, 3.8) is 0 Å². The molecule has 0 aliphatic rings. The Bertz CT molecular complexity index is 530. The summed E-state index contributed by atoms with van der Waals surface area (Å²) < 4.78 is 3.48. The van der Waals surface area contributed by atoms with E-state index in [1.165, 1.54) is 21.3 Å². The average molecular weight is 355 g/mol. The zero-order valence-corrected chi connectivity index (χ0v) is 14.8. The first-order valence-electron chi connectivity index (χ1n) is 7.22. The zero-order chi connectivity index (χ0) is 14.5. The summed E-state index contributed by atoms with van der Waals surface area (Å²) in [6.07, 6.45) is 5.63. The fourth-order valence-corrected chi connectivity index (χ4v) is 3.87. The Morgan fingerprint density at radius 1 is 1.35 bits per heavy atom. The molecule has 0 aromatic carbocycles. The Kier molecular flexibility index (Phi) is 5.87. The molecule has 2 nitrogen and oxygen atoms in total. The highest BCUT2D eigenvalue weighted by Crippen LogP contribution is 2.26. The topological polar surface area (TPSA) is 17.0 Å². The summed E-state index contributed by atoms with van der Waals surface area (Å²) in [5.74, 6) is 0.603. The maximum atomic E-state index is 3.65. The Labute approximate surface area is 134 Å². The fraction of sp³-hybridized carbons (Fsp3) is 0.500. The molecule has 0 aliphatic carbocycles. The van der Waals surface area contributed by atoms with Gasteiger partial charge in [0.2, 0.25) is 0 Å². The van der Waals surface area contributed by atoms with Gasteiger partial charge in [-0.1, -0.05) is 20.8 Å². The quantitative estimate of drug-likeness (QED) is 0.735. The molecule has 0 aliphatic heterocycles. The molecule has 2 aromatic heterocycles. The lowest BCUT2D eigenvalue weighted by molar-refractivity contribution is 0.412. The Hall–Kier alpha value is -0.580. The molecule has 0 radical (unpaired) electrons. The SMILES string of the molecule is CCCNC(c1ccn(Cc2sccc2Br)c1)C(C)C. The number of nitrogens with one attached hydrogen (secondary N) is 1. The summed E-state index contributed by atoms with van der Waals surface area (Å²) in [4.78, 5) is 1.37. The van der Waals surface area contributed by atoms with Gasteiger partial charge in [-0.25, -0.2) is 0 Å². The maximum Gasteiger partial charge on any atom is 0.0574 e. The van der Waals surface area contributed by atoms with E-state index >= 15 is 0 Å². The molecule has 20 heavy (non-hydrogen) atoms. The van der Waals surface area contributed by atoms with E-state index in [2.05, 4.69) is 76.5 Å². The second-order valence-corrected chi connectivity index (χ2v) is 7.34. The predicted octanol–water partition coefficient (Wildman–Crippen LogP) is 5.06. The van der Waals surface area contributed by atoms with Gasteiger partial charge in [0.25, 0.3) is 0 Å². The van der Waals surface area contributed by atoms with E-state index in [0.717, 1.165) is 13.1 Å².